The third-order valence-electron chi connectivity index (χ3n) is 6.28. The molecule has 3 atom stereocenters. The van der Waals surface area contributed by atoms with Gasteiger partial charge in [0.15, 0.2) is 5.96 Å². The molecule has 0 aliphatic carbocycles. The minimum atomic E-state index is 0. The quantitative estimate of drug-likeness (QED) is 0.321. The predicted molar refractivity (Wildman–Crippen MR) is 141 cm³/mol. The van der Waals surface area contributed by atoms with E-state index in [0.29, 0.717) is 12.0 Å². The monoisotopic (exact) mass is 550 g/mol. The Bertz CT molecular complexity index is 864. The van der Waals surface area contributed by atoms with E-state index in [-0.39, 0.29) is 30.1 Å². The van der Waals surface area contributed by atoms with Crippen molar-refractivity contribution in [3.8, 4) is 5.75 Å². The third-order valence-corrected chi connectivity index (χ3v) is 6.28. The number of nitrogens with zero attached hydrogens (tertiary/aromatic N) is 2. The van der Waals surface area contributed by atoms with Crippen molar-refractivity contribution in [1.29, 1.82) is 0 Å². The van der Waals surface area contributed by atoms with E-state index in [1.807, 2.05) is 19.2 Å². The number of para-hydroxylation sites is 2. The van der Waals surface area contributed by atoms with E-state index in [1.54, 1.807) is 7.11 Å². The second-order valence-corrected chi connectivity index (χ2v) is 8.31. The van der Waals surface area contributed by atoms with Gasteiger partial charge in [0.05, 0.1) is 18.9 Å². The topological polar surface area (TPSA) is 58.1 Å². The van der Waals surface area contributed by atoms with Gasteiger partial charge in [0.1, 0.15) is 5.75 Å². The number of hydrogen-bond acceptors (Lipinski definition) is 4. The lowest BCUT2D eigenvalue weighted by Crippen LogP contribution is -2.46. The lowest BCUT2D eigenvalue weighted by molar-refractivity contribution is -0.0265. The molecule has 2 heterocycles. The Balaban J connectivity index is 0.00000289. The number of halogens is 1. The average Bonchev–Trinajstić information content (AvgIpc) is 3.30. The summed E-state index contributed by atoms with van der Waals surface area (Å²) in [5.74, 6) is 2.22. The molecule has 0 amide bonds. The van der Waals surface area contributed by atoms with Crippen LogP contribution in [0.25, 0.3) is 0 Å². The molecule has 2 aromatic rings. The molecule has 0 radical (unpaired) electrons. The van der Waals surface area contributed by atoms with Crippen LogP contribution >= 0.6 is 24.0 Å². The van der Waals surface area contributed by atoms with E-state index in [9.17, 15) is 0 Å². The van der Waals surface area contributed by atoms with Crippen LogP contribution in [-0.2, 0) is 4.74 Å². The molecule has 6 nitrogen and oxygen atoms in total. The maximum atomic E-state index is 6.14. The Morgan fingerprint density at radius 1 is 1.12 bits per heavy atom. The van der Waals surface area contributed by atoms with Crippen LogP contribution in [-0.4, -0.2) is 52.4 Å². The van der Waals surface area contributed by atoms with Gasteiger partial charge in [0.2, 0.25) is 0 Å². The number of benzene rings is 2. The molecule has 3 unspecified atom stereocenters. The van der Waals surface area contributed by atoms with Crippen molar-refractivity contribution in [3.63, 3.8) is 0 Å². The van der Waals surface area contributed by atoms with Crippen molar-refractivity contribution >= 4 is 35.6 Å². The zero-order valence-corrected chi connectivity index (χ0v) is 21.3. The highest BCUT2D eigenvalue weighted by Crippen LogP contribution is 2.33. The standard InChI is InChI=1S/C25H34N4O2.HI/c1-26-25(27-17-20-11-8-16-31-24(20)19-9-4-3-5-10-19)28-21-14-15-29(18-21)22-12-6-7-13-23(22)30-2;/h3-7,9-10,12-13,20-21,24H,8,11,14-18H2,1-2H3,(H2,26,27,28);1H. The van der Waals surface area contributed by atoms with E-state index in [2.05, 4.69) is 63.0 Å². The van der Waals surface area contributed by atoms with E-state index in [0.717, 1.165) is 62.9 Å². The number of ether oxygens (including phenoxy) is 2. The second kappa shape index (κ2) is 12.3. The van der Waals surface area contributed by atoms with Crippen molar-refractivity contribution in [3.05, 3.63) is 60.2 Å². The highest BCUT2D eigenvalue weighted by molar-refractivity contribution is 14.0. The number of methoxy groups -OCH3 is 1. The van der Waals surface area contributed by atoms with Gasteiger partial charge in [-0.3, -0.25) is 4.99 Å². The minimum absolute atomic E-state index is 0. The van der Waals surface area contributed by atoms with E-state index < -0.39 is 0 Å². The molecular formula is C25H35IN4O2. The highest BCUT2D eigenvalue weighted by atomic mass is 127. The summed E-state index contributed by atoms with van der Waals surface area (Å²) in [6, 6.07) is 19.1. The maximum absolute atomic E-state index is 6.14. The molecule has 0 bridgehead atoms. The Morgan fingerprint density at radius 3 is 2.69 bits per heavy atom. The number of guanidine groups is 1. The van der Waals surface area contributed by atoms with Gasteiger partial charge in [0, 0.05) is 45.2 Å². The van der Waals surface area contributed by atoms with Gasteiger partial charge in [-0.15, -0.1) is 24.0 Å². The summed E-state index contributed by atoms with van der Waals surface area (Å²) in [7, 11) is 3.57. The summed E-state index contributed by atoms with van der Waals surface area (Å²) in [5, 5.41) is 7.17. The molecule has 0 spiro atoms. The third kappa shape index (κ3) is 6.07. The van der Waals surface area contributed by atoms with Crippen LogP contribution in [0.4, 0.5) is 5.69 Å². The van der Waals surface area contributed by atoms with Crippen LogP contribution in [0, 0.1) is 5.92 Å². The number of rotatable bonds is 6. The Kier molecular flexibility index (Phi) is 9.47. The molecule has 0 saturated carbocycles. The zero-order chi connectivity index (χ0) is 21.5. The summed E-state index contributed by atoms with van der Waals surface area (Å²) in [6.45, 7) is 3.62. The van der Waals surface area contributed by atoms with Crippen LogP contribution in [0.2, 0.25) is 0 Å². The summed E-state index contributed by atoms with van der Waals surface area (Å²) in [6.07, 6.45) is 3.48. The van der Waals surface area contributed by atoms with Gasteiger partial charge < -0.3 is 25.0 Å². The second-order valence-electron chi connectivity index (χ2n) is 8.31. The van der Waals surface area contributed by atoms with Crippen LogP contribution in [0.1, 0.15) is 30.9 Å². The average molecular weight is 550 g/mol. The van der Waals surface area contributed by atoms with Crippen molar-refractivity contribution < 1.29 is 9.47 Å². The molecule has 2 saturated heterocycles. The SMILES string of the molecule is CN=C(NCC1CCCOC1c1ccccc1)NC1CCN(c2ccccc2OC)C1.I. The van der Waals surface area contributed by atoms with E-state index in [4.69, 9.17) is 9.47 Å². The first-order chi connectivity index (χ1) is 15.3. The van der Waals surface area contributed by atoms with Crippen LogP contribution < -0.4 is 20.3 Å². The number of hydrogen-bond donors (Lipinski definition) is 2. The normalized spacial score (nSPS) is 23.4. The molecule has 2 aromatic carbocycles. The summed E-state index contributed by atoms with van der Waals surface area (Å²) in [4.78, 5) is 6.85. The van der Waals surface area contributed by atoms with E-state index >= 15 is 0 Å². The lowest BCUT2D eigenvalue weighted by Gasteiger charge is -2.33. The molecule has 4 rings (SSSR count). The van der Waals surface area contributed by atoms with Gasteiger partial charge in [0.25, 0.3) is 0 Å². The van der Waals surface area contributed by atoms with E-state index in [1.165, 1.54) is 5.56 Å². The smallest absolute Gasteiger partial charge is 0.191 e. The molecule has 32 heavy (non-hydrogen) atoms. The predicted octanol–water partition coefficient (Wildman–Crippen LogP) is 4.22. The first kappa shape index (κ1) is 24.6. The van der Waals surface area contributed by atoms with Crippen LogP contribution in [0.3, 0.4) is 0 Å². The molecule has 2 fully saturated rings. The zero-order valence-electron chi connectivity index (χ0n) is 19.0. The van der Waals surface area contributed by atoms with Crippen LogP contribution in [0.15, 0.2) is 59.6 Å². The van der Waals surface area contributed by atoms with Gasteiger partial charge in [-0.1, -0.05) is 42.5 Å². The van der Waals surface area contributed by atoms with Gasteiger partial charge in [-0.05, 0) is 37.0 Å². The fourth-order valence-electron chi connectivity index (χ4n) is 4.67. The molecule has 174 valence electrons. The highest BCUT2D eigenvalue weighted by Gasteiger charge is 2.28. The number of anilines is 1. The minimum Gasteiger partial charge on any atom is -0.495 e. The molecule has 7 heteroatoms. The molecule has 2 N–H and O–H groups in total. The first-order valence-corrected chi connectivity index (χ1v) is 11.3. The molecule has 2 aliphatic heterocycles. The molecule has 0 aromatic heterocycles. The maximum Gasteiger partial charge on any atom is 0.191 e. The summed E-state index contributed by atoms with van der Waals surface area (Å²) in [5.41, 5.74) is 2.42. The summed E-state index contributed by atoms with van der Waals surface area (Å²) < 4.78 is 11.7. The fourth-order valence-corrected chi connectivity index (χ4v) is 4.67. The van der Waals surface area contributed by atoms with Gasteiger partial charge in [-0.2, -0.15) is 0 Å². The number of aliphatic imine (C=N–C) groups is 1. The Hall–Kier alpha value is -2.00. The van der Waals surface area contributed by atoms with Crippen LogP contribution in [0.5, 0.6) is 5.75 Å². The fraction of sp³-hybridized carbons (Fsp3) is 0.480. The Labute approximate surface area is 208 Å². The van der Waals surface area contributed by atoms with Crippen molar-refractivity contribution in [2.24, 2.45) is 10.9 Å². The first-order valence-electron chi connectivity index (χ1n) is 11.3. The van der Waals surface area contributed by atoms with Gasteiger partial charge in [-0.25, -0.2) is 0 Å². The lowest BCUT2D eigenvalue weighted by atomic mass is 9.89. The Morgan fingerprint density at radius 2 is 1.91 bits per heavy atom. The molecule has 2 aliphatic rings. The van der Waals surface area contributed by atoms with Crippen molar-refractivity contribution in [2.45, 2.75) is 31.4 Å². The number of nitrogens with one attached hydrogen (secondary N) is 2. The summed E-state index contributed by atoms with van der Waals surface area (Å²) >= 11 is 0. The van der Waals surface area contributed by atoms with Crippen molar-refractivity contribution in [1.82, 2.24) is 10.6 Å². The largest absolute Gasteiger partial charge is 0.495 e. The van der Waals surface area contributed by atoms with Crippen molar-refractivity contribution in [2.75, 3.05) is 45.3 Å². The molecular weight excluding hydrogens is 515 g/mol. The van der Waals surface area contributed by atoms with Gasteiger partial charge >= 0.3 is 0 Å².